The smallest absolute Gasteiger partial charge is 0.279 e. The van der Waals surface area contributed by atoms with E-state index in [2.05, 4.69) is 31.0 Å². The maximum absolute atomic E-state index is 12.4. The molecule has 0 saturated heterocycles. The van der Waals surface area contributed by atoms with Gasteiger partial charge in [-0.25, -0.2) is 0 Å². The number of hydrogen-bond acceptors (Lipinski definition) is 2. The van der Waals surface area contributed by atoms with Crippen molar-refractivity contribution in [3.8, 4) is 0 Å². The lowest BCUT2D eigenvalue weighted by molar-refractivity contribution is 0.0998. The van der Waals surface area contributed by atoms with E-state index >= 15 is 0 Å². The van der Waals surface area contributed by atoms with Crippen LogP contribution in [0.2, 0.25) is 0 Å². The lowest BCUT2D eigenvalue weighted by Crippen LogP contribution is -2.13. The molecule has 1 heterocycles. The summed E-state index contributed by atoms with van der Waals surface area (Å²) < 4.78 is 3.20. The molecule has 112 valence electrons. The second-order valence-electron chi connectivity index (χ2n) is 5.61. The van der Waals surface area contributed by atoms with Gasteiger partial charge in [-0.05, 0) is 44.0 Å². The number of carbonyl (C=O) groups excluding carboxylic acids is 1. The van der Waals surface area contributed by atoms with Crippen LogP contribution in [0, 0.1) is 20.8 Å². The number of fused-ring (bicyclic) bond motifs is 1. The molecule has 2 aromatic carbocycles. The molecule has 0 aliphatic heterocycles. The fourth-order valence-electron chi connectivity index (χ4n) is 2.60. The Morgan fingerprint density at radius 1 is 1.09 bits per heavy atom. The van der Waals surface area contributed by atoms with E-state index in [9.17, 15) is 4.79 Å². The molecule has 3 nitrogen and oxygen atoms in total. The summed E-state index contributed by atoms with van der Waals surface area (Å²) >= 11 is 1.57. The molecule has 0 bridgehead atoms. The van der Waals surface area contributed by atoms with Crippen LogP contribution in [-0.2, 0) is 7.05 Å². The molecule has 0 atom stereocenters. The lowest BCUT2D eigenvalue weighted by atomic mass is 10.1. The number of amides is 1. The van der Waals surface area contributed by atoms with Crippen molar-refractivity contribution in [3.05, 3.63) is 63.5 Å². The second kappa shape index (κ2) is 5.54. The van der Waals surface area contributed by atoms with E-state index in [4.69, 9.17) is 0 Å². The summed E-state index contributed by atoms with van der Waals surface area (Å²) in [6.45, 7) is 6.15. The van der Waals surface area contributed by atoms with Gasteiger partial charge in [0.05, 0.1) is 10.2 Å². The van der Waals surface area contributed by atoms with Gasteiger partial charge in [-0.2, -0.15) is 4.99 Å². The summed E-state index contributed by atoms with van der Waals surface area (Å²) in [6, 6.07) is 11.8. The van der Waals surface area contributed by atoms with E-state index in [0.717, 1.165) is 15.9 Å². The minimum Gasteiger partial charge on any atom is -0.319 e. The monoisotopic (exact) mass is 310 g/mol. The fourth-order valence-corrected chi connectivity index (χ4v) is 3.76. The van der Waals surface area contributed by atoms with Gasteiger partial charge in [0.1, 0.15) is 0 Å². The van der Waals surface area contributed by atoms with Crippen molar-refractivity contribution in [2.24, 2.45) is 12.0 Å². The third-order valence-electron chi connectivity index (χ3n) is 3.81. The molecular weight excluding hydrogens is 292 g/mol. The predicted molar refractivity (Wildman–Crippen MR) is 91.3 cm³/mol. The number of thiazole rings is 1. The number of rotatable bonds is 1. The molecule has 0 N–H and O–H groups in total. The fraction of sp³-hybridized carbons (Fsp3) is 0.222. The van der Waals surface area contributed by atoms with Gasteiger partial charge in [0.25, 0.3) is 5.91 Å². The molecule has 3 rings (SSSR count). The SMILES string of the molecule is Cc1cccc(C(=O)N=c2sc3c(C)ccc(C)c3n2C)c1. The van der Waals surface area contributed by atoms with Gasteiger partial charge in [0, 0.05) is 12.6 Å². The topological polar surface area (TPSA) is 34.4 Å². The van der Waals surface area contributed by atoms with Crippen LogP contribution in [0.25, 0.3) is 10.2 Å². The Labute approximate surface area is 133 Å². The maximum Gasteiger partial charge on any atom is 0.279 e. The van der Waals surface area contributed by atoms with Crippen LogP contribution in [0.5, 0.6) is 0 Å². The number of benzene rings is 2. The minimum atomic E-state index is -0.193. The molecule has 1 amide bonds. The molecule has 0 fully saturated rings. The summed E-state index contributed by atoms with van der Waals surface area (Å²) in [5, 5.41) is 0. The highest BCUT2D eigenvalue weighted by Gasteiger charge is 2.10. The Kier molecular flexibility index (Phi) is 3.71. The first-order chi connectivity index (χ1) is 10.5. The predicted octanol–water partition coefficient (Wildman–Crippen LogP) is 3.91. The maximum atomic E-state index is 12.4. The van der Waals surface area contributed by atoms with Crippen molar-refractivity contribution >= 4 is 27.5 Å². The van der Waals surface area contributed by atoms with Crippen molar-refractivity contribution in [1.29, 1.82) is 0 Å². The van der Waals surface area contributed by atoms with E-state index in [1.807, 2.05) is 42.8 Å². The van der Waals surface area contributed by atoms with Crippen molar-refractivity contribution < 1.29 is 4.79 Å². The second-order valence-corrected chi connectivity index (χ2v) is 6.58. The van der Waals surface area contributed by atoms with Gasteiger partial charge in [0.2, 0.25) is 0 Å². The normalized spacial score (nSPS) is 12.1. The molecule has 0 saturated carbocycles. The minimum absolute atomic E-state index is 0.193. The molecule has 22 heavy (non-hydrogen) atoms. The molecular formula is C18H18N2OS. The average molecular weight is 310 g/mol. The number of aromatic nitrogens is 1. The Morgan fingerprint density at radius 3 is 2.50 bits per heavy atom. The number of aryl methyl sites for hydroxylation is 4. The molecule has 0 aliphatic rings. The molecule has 1 aromatic heterocycles. The molecule has 0 radical (unpaired) electrons. The number of hydrogen-bond donors (Lipinski definition) is 0. The highest BCUT2D eigenvalue weighted by molar-refractivity contribution is 7.16. The summed E-state index contributed by atoms with van der Waals surface area (Å²) in [6.07, 6.45) is 0. The van der Waals surface area contributed by atoms with Gasteiger partial charge >= 0.3 is 0 Å². The highest BCUT2D eigenvalue weighted by Crippen LogP contribution is 2.24. The van der Waals surface area contributed by atoms with Gasteiger partial charge in [-0.15, -0.1) is 0 Å². The zero-order valence-corrected chi connectivity index (χ0v) is 14.0. The van der Waals surface area contributed by atoms with E-state index in [1.165, 1.54) is 15.8 Å². The zero-order chi connectivity index (χ0) is 15.9. The Hall–Kier alpha value is -2.20. The summed E-state index contributed by atoms with van der Waals surface area (Å²) in [7, 11) is 1.97. The molecule has 0 unspecified atom stereocenters. The summed E-state index contributed by atoms with van der Waals surface area (Å²) in [4.78, 5) is 17.5. The van der Waals surface area contributed by atoms with Crippen LogP contribution in [0.15, 0.2) is 41.4 Å². The Balaban J connectivity index is 2.18. The first-order valence-electron chi connectivity index (χ1n) is 7.19. The molecule has 3 aromatic rings. The van der Waals surface area contributed by atoms with Gasteiger partial charge < -0.3 is 4.57 Å². The van der Waals surface area contributed by atoms with Crippen LogP contribution in [0.4, 0.5) is 0 Å². The standard InChI is InChI=1S/C18H18N2OS/c1-11-6-5-7-14(10-11)17(21)19-18-20(4)15-12(2)8-9-13(3)16(15)22-18/h5-10H,1-4H3. The molecule has 4 heteroatoms. The first kappa shape index (κ1) is 14.7. The van der Waals surface area contributed by atoms with Crippen LogP contribution in [-0.4, -0.2) is 10.5 Å². The third kappa shape index (κ3) is 2.50. The average Bonchev–Trinajstić information content (AvgIpc) is 2.81. The van der Waals surface area contributed by atoms with E-state index in [1.54, 1.807) is 11.3 Å². The van der Waals surface area contributed by atoms with Crippen LogP contribution in [0.3, 0.4) is 0 Å². The Bertz CT molecular complexity index is 947. The lowest BCUT2D eigenvalue weighted by Gasteiger charge is -2.01. The summed E-state index contributed by atoms with van der Waals surface area (Å²) in [5.74, 6) is -0.193. The Morgan fingerprint density at radius 2 is 1.82 bits per heavy atom. The highest BCUT2D eigenvalue weighted by atomic mass is 32.1. The van der Waals surface area contributed by atoms with Crippen LogP contribution >= 0.6 is 11.3 Å². The number of carbonyl (C=O) groups is 1. The van der Waals surface area contributed by atoms with E-state index < -0.39 is 0 Å². The van der Waals surface area contributed by atoms with Crippen LogP contribution in [0.1, 0.15) is 27.0 Å². The van der Waals surface area contributed by atoms with E-state index in [0.29, 0.717) is 5.56 Å². The van der Waals surface area contributed by atoms with Crippen molar-refractivity contribution in [2.45, 2.75) is 20.8 Å². The largest absolute Gasteiger partial charge is 0.319 e. The number of nitrogens with zero attached hydrogens (tertiary/aromatic N) is 2. The third-order valence-corrected chi connectivity index (χ3v) is 5.08. The van der Waals surface area contributed by atoms with Crippen molar-refractivity contribution in [1.82, 2.24) is 4.57 Å². The zero-order valence-electron chi connectivity index (χ0n) is 13.2. The van der Waals surface area contributed by atoms with Crippen molar-refractivity contribution in [2.75, 3.05) is 0 Å². The van der Waals surface area contributed by atoms with E-state index in [-0.39, 0.29) is 5.91 Å². The first-order valence-corrected chi connectivity index (χ1v) is 8.00. The molecule has 0 spiro atoms. The summed E-state index contributed by atoms with van der Waals surface area (Å²) in [5.41, 5.74) is 5.26. The van der Waals surface area contributed by atoms with Gasteiger partial charge in [0.15, 0.2) is 4.80 Å². The quantitative estimate of drug-likeness (QED) is 0.671. The van der Waals surface area contributed by atoms with Gasteiger partial charge in [-0.1, -0.05) is 41.2 Å². The van der Waals surface area contributed by atoms with Crippen molar-refractivity contribution in [3.63, 3.8) is 0 Å². The van der Waals surface area contributed by atoms with Crippen LogP contribution < -0.4 is 4.80 Å². The molecule has 0 aliphatic carbocycles. The van der Waals surface area contributed by atoms with Gasteiger partial charge in [-0.3, -0.25) is 4.79 Å².